The monoisotopic (exact) mass is 233 g/mol. The highest BCUT2D eigenvalue weighted by Crippen LogP contribution is 2.36. The van der Waals surface area contributed by atoms with E-state index in [-0.39, 0.29) is 17.7 Å². The SMILES string of the molecule is CC(C)(N)Cc1c(O)cccc1C(F)(F)F. The number of phenolic OH excluding ortho intramolecular Hbond substituents is 1. The predicted octanol–water partition coefficient (Wildman–Crippen LogP) is 2.69. The van der Waals surface area contributed by atoms with Crippen molar-refractivity contribution in [2.75, 3.05) is 0 Å². The van der Waals surface area contributed by atoms with E-state index in [1.54, 1.807) is 13.8 Å². The van der Waals surface area contributed by atoms with Crippen LogP contribution in [0.15, 0.2) is 18.2 Å². The molecule has 0 unspecified atom stereocenters. The van der Waals surface area contributed by atoms with Gasteiger partial charge in [-0.15, -0.1) is 0 Å². The molecule has 0 saturated heterocycles. The lowest BCUT2D eigenvalue weighted by Crippen LogP contribution is -2.35. The Morgan fingerprint density at radius 1 is 1.25 bits per heavy atom. The number of aromatic hydroxyl groups is 1. The van der Waals surface area contributed by atoms with Crippen molar-refractivity contribution in [1.29, 1.82) is 0 Å². The van der Waals surface area contributed by atoms with Gasteiger partial charge < -0.3 is 10.8 Å². The van der Waals surface area contributed by atoms with Gasteiger partial charge in [-0.1, -0.05) is 6.07 Å². The van der Waals surface area contributed by atoms with Gasteiger partial charge in [0.2, 0.25) is 0 Å². The Bertz CT molecular complexity index is 380. The highest BCUT2D eigenvalue weighted by Gasteiger charge is 2.35. The summed E-state index contributed by atoms with van der Waals surface area (Å²) in [5, 5.41) is 9.46. The first kappa shape index (κ1) is 12.8. The van der Waals surface area contributed by atoms with Gasteiger partial charge in [0, 0.05) is 11.1 Å². The molecule has 0 heterocycles. The van der Waals surface area contributed by atoms with E-state index in [4.69, 9.17) is 5.73 Å². The van der Waals surface area contributed by atoms with Crippen LogP contribution in [0.2, 0.25) is 0 Å². The molecule has 2 nitrogen and oxygen atoms in total. The summed E-state index contributed by atoms with van der Waals surface area (Å²) in [6.07, 6.45) is -4.51. The minimum atomic E-state index is -4.47. The molecule has 0 spiro atoms. The smallest absolute Gasteiger partial charge is 0.416 e. The molecule has 1 aromatic carbocycles. The van der Waals surface area contributed by atoms with Crippen LogP contribution >= 0.6 is 0 Å². The predicted molar refractivity (Wildman–Crippen MR) is 55.1 cm³/mol. The number of phenols is 1. The van der Waals surface area contributed by atoms with Gasteiger partial charge >= 0.3 is 6.18 Å². The number of halogens is 3. The average molecular weight is 233 g/mol. The molecular weight excluding hydrogens is 219 g/mol. The molecule has 0 aliphatic heterocycles. The number of benzene rings is 1. The first-order valence-corrected chi connectivity index (χ1v) is 4.78. The van der Waals surface area contributed by atoms with Gasteiger partial charge in [0.1, 0.15) is 5.75 Å². The molecule has 0 fully saturated rings. The summed E-state index contributed by atoms with van der Waals surface area (Å²) in [5.41, 5.74) is 3.89. The third-order valence-electron chi connectivity index (χ3n) is 2.09. The first-order chi connectivity index (χ1) is 7.11. The Kier molecular flexibility index (Phi) is 3.19. The van der Waals surface area contributed by atoms with Gasteiger partial charge in [0.25, 0.3) is 0 Å². The fourth-order valence-corrected chi connectivity index (χ4v) is 1.48. The maximum Gasteiger partial charge on any atom is 0.416 e. The van der Waals surface area contributed by atoms with Crippen molar-refractivity contribution < 1.29 is 18.3 Å². The Hall–Kier alpha value is -1.23. The van der Waals surface area contributed by atoms with Crippen LogP contribution in [0.3, 0.4) is 0 Å². The van der Waals surface area contributed by atoms with Crippen molar-refractivity contribution in [3.8, 4) is 5.75 Å². The van der Waals surface area contributed by atoms with E-state index in [0.29, 0.717) is 0 Å². The molecule has 5 heteroatoms. The summed E-state index contributed by atoms with van der Waals surface area (Å²) in [4.78, 5) is 0. The van der Waals surface area contributed by atoms with Crippen LogP contribution in [0.25, 0.3) is 0 Å². The van der Waals surface area contributed by atoms with E-state index in [9.17, 15) is 18.3 Å². The fourth-order valence-electron chi connectivity index (χ4n) is 1.48. The van der Waals surface area contributed by atoms with Crippen LogP contribution in [0.1, 0.15) is 25.0 Å². The Morgan fingerprint density at radius 2 is 1.81 bits per heavy atom. The molecule has 1 rings (SSSR count). The largest absolute Gasteiger partial charge is 0.508 e. The Morgan fingerprint density at radius 3 is 2.25 bits per heavy atom. The summed E-state index contributed by atoms with van der Waals surface area (Å²) < 4.78 is 38.0. The number of alkyl halides is 3. The molecule has 0 atom stereocenters. The second kappa shape index (κ2) is 3.97. The van der Waals surface area contributed by atoms with Gasteiger partial charge in [-0.05, 0) is 32.4 Å². The zero-order valence-corrected chi connectivity index (χ0v) is 9.10. The van der Waals surface area contributed by atoms with Crippen LogP contribution in [-0.2, 0) is 12.6 Å². The van der Waals surface area contributed by atoms with Crippen LogP contribution in [0.4, 0.5) is 13.2 Å². The minimum absolute atomic E-state index is 0.0332. The lowest BCUT2D eigenvalue weighted by atomic mass is 9.92. The summed E-state index contributed by atoms with van der Waals surface area (Å²) in [5.74, 6) is -0.367. The zero-order chi connectivity index (χ0) is 12.6. The van der Waals surface area contributed by atoms with Gasteiger partial charge in [0.15, 0.2) is 0 Å². The minimum Gasteiger partial charge on any atom is -0.508 e. The van der Waals surface area contributed by atoms with Crippen LogP contribution in [0.5, 0.6) is 5.75 Å². The van der Waals surface area contributed by atoms with Crippen molar-refractivity contribution in [3.63, 3.8) is 0 Å². The quantitative estimate of drug-likeness (QED) is 0.825. The van der Waals surface area contributed by atoms with Gasteiger partial charge in [-0.25, -0.2) is 0 Å². The molecular formula is C11H14F3NO. The second-order valence-corrected chi connectivity index (χ2v) is 4.47. The van der Waals surface area contributed by atoms with Crippen LogP contribution in [0, 0.1) is 0 Å². The average Bonchev–Trinajstić information content (AvgIpc) is 2.04. The molecule has 1 aromatic rings. The molecule has 0 amide bonds. The molecule has 3 N–H and O–H groups in total. The summed E-state index contributed by atoms with van der Waals surface area (Å²) in [6, 6.07) is 3.35. The molecule has 16 heavy (non-hydrogen) atoms. The van der Waals surface area contributed by atoms with Crippen LogP contribution < -0.4 is 5.73 Å². The summed E-state index contributed by atoms with van der Waals surface area (Å²) >= 11 is 0. The van der Waals surface area contributed by atoms with E-state index < -0.39 is 17.3 Å². The van der Waals surface area contributed by atoms with E-state index >= 15 is 0 Å². The molecule has 0 radical (unpaired) electrons. The third-order valence-corrected chi connectivity index (χ3v) is 2.09. The molecule has 0 aliphatic rings. The van der Waals surface area contributed by atoms with Crippen LogP contribution in [-0.4, -0.2) is 10.6 Å². The van der Waals surface area contributed by atoms with E-state index in [1.165, 1.54) is 12.1 Å². The van der Waals surface area contributed by atoms with E-state index in [1.807, 2.05) is 0 Å². The maximum absolute atomic E-state index is 12.7. The van der Waals surface area contributed by atoms with Crippen molar-refractivity contribution in [2.24, 2.45) is 5.73 Å². The van der Waals surface area contributed by atoms with E-state index in [0.717, 1.165) is 6.07 Å². The third kappa shape index (κ3) is 3.13. The van der Waals surface area contributed by atoms with Gasteiger partial charge in [-0.3, -0.25) is 0 Å². The highest BCUT2D eigenvalue weighted by molar-refractivity contribution is 5.41. The molecule has 0 aromatic heterocycles. The standard InChI is InChI=1S/C11H14F3NO/c1-10(2,15)6-7-8(11(12,13)14)4-3-5-9(7)16/h3-5,16H,6,15H2,1-2H3. The molecule has 0 saturated carbocycles. The lowest BCUT2D eigenvalue weighted by molar-refractivity contribution is -0.138. The summed E-state index contributed by atoms with van der Waals surface area (Å²) in [7, 11) is 0. The Labute approximate surface area is 91.9 Å². The second-order valence-electron chi connectivity index (χ2n) is 4.47. The number of rotatable bonds is 2. The topological polar surface area (TPSA) is 46.2 Å². The maximum atomic E-state index is 12.7. The molecule has 0 aliphatic carbocycles. The normalized spacial score (nSPS) is 12.9. The highest BCUT2D eigenvalue weighted by atomic mass is 19.4. The lowest BCUT2D eigenvalue weighted by Gasteiger charge is -2.22. The number of hydrogen-bond acceptors (Lipinski definition) is 2. The van der Waals surface area contributed by atoms with Crippen molar-refractivity contribution in [1.82, 2.24) is 0 Å². The zero-order valence-electron chi connectivity index (χ0n) is 9.10. The fraction of sp³-hybridized carbons (Fsp3) is 0.455. The van der Waals surface area contributed by atoms with Gasteiger partial charge in [-0.2, -0.15) is 13.2 Å². The van der Waals surface area contributed by atoms with E-state index in [2.05, 4.69) is 0 Å². The van der Waals surface area contributed by atoms with Crippen molar-refractivity contribution >= 4 is 0 Å². The number of nitrogens with two attached hydrogens (primary N) is 1. The van der Waals surface area contributed by atoms with Crippen molar-refractivity contribution in [2.45, 2.75) is 32.0 Å². The number of hydrogen-bond donors (Lipinski definition) is 2. The molecule has 90 valence electrons. The summed E-state index contributed by atoms with van der Waals surface area (Å²) in [6.45, 7) is 3.22. The van der Waals surface area contributed by atoms with Gasteiger partial charge in [0.05, 0.1) is 5.56 Å². The first-order valence-electron chi connectivity index (χ1n) is 4.78. The van der Waals surface area contributed by atoms with Crippen molar-refractivity contribution in [3.05, 3.63) is 29.3 Å². The molecule has 0 bridgehead atoms. The Balaban J connectivity index is 3.25.